The number of nitrogens with one attached hydrogen (secondary N) is 1. The van der Waals surface area contributed by atoms with E-state index in [4.69, 9.17) is 0 Å². The molecule has 1 atom stereocenters. The van der Waals surface area contributed by atoms with Gasteiger partial charge in [-0.15, -0.1) is 0 Å². The molecule has 0 saturated carbocycles. The first-order valence-corrected chi connectivity index (χ1v) is 9.96. The fourth-order valence-corrected chi connectivity index (χ4v) is 4.50. The Balaban J connectivity index is 1.87. The predicted octanol–water partition coefficient (Wildman–Crippen LogP) is 4.71. The number of rotatable bonds is 5. The Morgan fingerprint density at radius 1 is 1.19 bits per heavy atom. The van der Waals surface area contributed by atoms with Crippen LogP contribution in [0.2, 0.25) is 0 Å². The molecule has 0 radical (unpaired) electrons. The molecule has 0 saturated heterocycles. The van der Waals surface area contributed by atoms with Crippen LogP contribution in [-0.4, -0.2) is 13.9 Å². The topological polar surface area (TPSA) is 84.7 Å². The third-order valence-electron chi connectivity index (χ3n) is 3.24. The summed E-state index contributed by atoms with van der Waals surface area (Å²) in [4.78, 5) is 4.49. The maximum absolute atomic E-state index is 13.1. The highest BCUT2D eigenvalue weighted by molar-refractivity contribution is 7.99. The first-order chi connectivity index (χ1) is 12.9. The summed E-state index contributed by atoms with van der Waals surface area (Å²) >= 11 is 0.179. The van der Waals surface area contributed by atoms with Crippen molar-refractivity contribution in [2.75, 3.05) is 4.72 Å². The summed E-state index contributed by atoms with van der Waals surface area (Å²) in [5.74, 6) is 0. The molecule has 0 aliphatic rings. The van der Waals surface area contributed by atoms with Gasteiger partial charge in [0.1, 0.15) is 23.8 Å². The number of aromatic nitrogens is 2. The summed E-state index contributed by atoms with van der Waals surface area (Å²) < 4.78 is 58.2. The quantitative estimate of drug-likeness (QED) is 0.595. The monoisotopic (exact) mass is 426 g/mol. The van der Waals surface area contributed by atoms with Gasteiger partial charge in [0.25, 0.3) is 0 Å². The first kappa shape index (κ1) is 19.5. The van der Waals surface area contributed by atoms with Crippen molar-refractivity contribution in [3.8, 4) is 6.07 Å². The minimum Gasteiger partial charge on any atom is -0.588 e. The van der Waals surface area contributed by atoms with Crippen molar-refractivity contribution < 1.29 is 17.7 Å². The highest BCUT2D eigenvalue weighted by atomic mass is 32.2. The van der Waals surface area contributed by atoms with E-state index in [1.54, 1.807) is 0 Å². The summed E-state index contributed by atoms with van der Waals surface area (Å²) in [6.07, 6.45) is -3.19. The second-order valence-corrected chi connectivity index (χ2v) is 8.06. The Morgan fingerprint density at radius 3 is 2.63 bits per heavy atom. The van der Waals surface area contributed by atoms with Crippen molar-refractivity contribution in [3.05, 3.63) is 59.9 Å². The van der Waals surface area contributed by atoms with Crippen LogP contribution in [-0.2, 0) is 17.5 Å². The average Bonchev–Trinajstić information content (AvgIpc) is 3.14. The number of hydrogen-bond acceptors (Lipinski definition) is 7. The van der Waals surface area contributed by atoms with Gasteiger partial charge in [-0.05, 0) is 24.3 Å². The molecule has 0 aliphatic heterocycles. The Bertz CT molecular complexity index is 974. The van der Waals surface area contributed by atoms with E-state index in [9.17, 15) is 23.0 Å². The molecule has 0 aliphatic carbocycles. The normalized spacial score (nSPS) is 12.4. The highest BCUT2D eigenvalue weighted by Gasteiger charge is 2.33. The molecule has 1 heterocycles. The molecule has 0 spiro atoms. The van der Waals surface area contributed by atoms with Crippen LogP contribution < -0.4 is 4.72 Å². The maximum atomic E-state index is 13.1. The third-order valence-corrected chi connectivity index (χ3v) is 6.16. The molecule has 2 aromatic carbocycles. The van der Waals surface area contributed by atoms with Crippen LogP contribution in [0.5, 0.6) is 0 Å². The van der Waals surface area contributed by atoms with Crippen LogP contribution >= 0.6 is 23.3 Å². The number of benzene rings is 2. The zero-order chi connectivity index (χ0) is 19.4. The second kappa shape index (κ2) is 8.18. The van der Waals surface area contributed by atoms with Gasteiger partial charge in [0.2, 0.25) is 5.13 Å². The van der Waals surface area contributed by atoms with Crippen molar-refractivity contribution >= 4 is 39.8 Å². The molecular formula is C16H9F3N4OS3. The molecule has 0 bridgehead atoms. The summed E-state index contributed by atoms with van der Waals surface area (Å²) in [7, 11) is 0. The Labute approximate surface area is 163 Å². The van der Waals surface area contributed by atoms with Gasteiger partial charge in [-0.1, -0.05) is 23.9 Å². The molecule has 1 N–H and O–H groups in total. The van der Waals surface area contributed by atoms with Crippen LogP contribution in [0.15, 0.2) is 63.5 Å². The SMILES string of the molecule is N#Cc1cc([S+]([O-])Nc2ncns2)ccc1Sc1ccccc1C(F)(F)F. The van der Waals surface area contributed by atoms with E-state index < -0.39 is 23.1 Å². The number of anilines is 1. The summed E-state index contributed by atoms with van der Waals surface area (Å²) in [6.45, 7) is 0. The molecule has 1 unspecified atom stereocenters. The van der Waals surface area contributed by atoms with E-state index in [0.29, 0.717) is 14.9 Å². The molecule has 138 valence electrons. The molecule has 3 rings (SSSR count). The molecule has 0 fully saturated rings. The fourth-order valence-electron chi connectivity index (χ4n) is 2.07. The summed E-state index contributed by atoms with van der Waals surface area (Å²) in [5, 5.41) is 9.71. The van der Waals surface area contributed by atoms with Crippen LogP contribution in [0.25, 0.3) is 0 Å². The van der Waals surface area contributed by atoms with E-state index in [-0.39, 0.29) is 10.5 Å². The van der Waals surface area contributed by atoms with Crippen molar-refractivity contribution in [1.29, 1.82) is 5.26 Å². The third kappa shape index (κ3) is 4.72. The van der Waals surface area contributed by atoms with Crippen molar-refractivity contribution in [2.45, 2.75) is 20.9 Å². The maximum Gasteiger partial charge on any atom is 0.417 e. The molecule has 3 aromatic rings. The van der Waals surface area contributed by atoms with Gasteiger partial charge in [-0.3, -0.25) is 0 Å². The van der Waals surface area contributed by atoms with Gasteiger partial charge < -0.3 is 4.55 Å². The lowest BCUT2D eigenvalue weighted by Crippen LogP contribution is -2.13. The second-order valence-electron chi connectivity index (χ2n) is 4.98. The van der Waals surface area contributed by atoms with Crippen LogP contribution in [0.4, 0.5) is 18.3 Å². The minimum atomic E-state index is -4.50. The van der Waals surface area contributed by atoms with Gasteiger partial charge in [-0.25, -0.2) is 4.98 Å². The predicted molar refractivity (Wildman–Crippen MR) is 96.7 cm³/mol. The highest BCUT2D eigenvalue weighted by Crippen LogP contribution is 2.40. The van der Waals surface area contributed by atoms with Gasteiger partial charge in [-0.2, -0.15) is 27.5 Å². The largest absolute Gasteiger partial charge is 0.588 e. The van der Waals surface area contributed by atoms with Crippen molar-refractivity contribution in [2.24, 2.45) is 0 Å². The number of alkyl halides is 3. The molecule has 0 amide bonds. The van der Waals surface area contributed by atoms with Gasteiger partial charge in [0.05, 0.1) is 11.1 Å². The fraction of sp³-hybridized carbons (Fsp3) is 0.0625. The Hall–Kier alpha value is -2.26. The van der Waals surface area contributed by atoms with Gasteiger partial charge >= 0.3 is 6.18 Å². The van der Waals surface area contributed by atoms with Crippen LogP contribution in [0.3, 0.4) is 0 Å². The lowest BCUT2D eigenvalue weighted by Gasteiger charge is -2.13. The molecular weight excluding hydrogens is 417 g/mol. The van der Waals surface area contributed by atoms with Crippen LogP contribution in [0, 0.1) is 11.3 Å². The van der Waals surface area contributed by atoms with Crippen LogP contribution in [0.1, 0.15) is 11.1 Å². The summed E-state index contributed by atoms with van der Waals surface area (Å²) in [5.41, 5.74) is -0.647. The summed E-state index contributed by atoms with van der Waals surface area (Å²) in [6, 6.07) is 11.4. The van der Waals surface area contributed by atoms with Crippen molar-refractivity contribution in [1.82, 2.24) is 9.36 Å². The lowest BCUT2D eigenvalue weighted by atomic mass is 10.2. The smallest absolute Gasteiger partial charge is 0.417 e. The van der Waals surface area contributed by atoms with E-state index in [1.165, 1.54) is 42.7 Å². The molecule has 11 heteroatoms. The number of halogens is 3. The number of nitriles is 1. The lowest BCUT2D eigenvalue weighted by molar-refractivity contribution is -0.139. The molecule has 5 nitrogen and oxygen atoms in total. The number of hydrogen-bond donors (Lipinski definition) is 1. The van der Waals surface area contributed by atoms with E-state index in [1.807, 2.05) is 6.07 Å². The number of nitrogens with zero attached hydrogens (tertiary/aromatic N) is 3. The first-order valence-electron chi connectivity index (χ1n) is 7.22. The van der Waals surface area contributed by atoms with E-state index in [2.05, 4.69) is 14.1 Å². The van der Waals surface area contributed by atoms with Crippen molar-refractivity contribution in [3.63, 3.8) is 0 Å². The molecule has 27 heavy (non-hydrogen) atoms. The average molecular weight is 426 g/mol. The van der Waals surface area contributed by atoms with E-state index in [0.717, 1.165) is 29.4 Å². The zero-order valence-corrected chi connectivity index (χ0v) is 15.7. The van der Waals surface area contributed by atoms with Gasteiger partial charge in [0, 0.05) is 27.4 Å². The molecule has 1 aromatic heterocycles. The Morgan fingerprint density at radius 2 is 1.96 bits per heavy atom. The van der Waals surface area contributed by atoms with E-state index >= 15 is 0 Å². The van der Waals surface area contributed by atoms with Gasteiger partial charge in [0.15, 0.2) is 4.90 Å². The minimum absolute atomic E-state index is 0.0117. The zero-order valence-electron chi connectivity index (χ0n) is 13.2. The standard InChI is InChI=1S/C16H9F3N4OS3/c17-16(18,19)12-3-1-2-4-14(12)25-13-6-5-11(7-10(13)8-20)27(24)23-15-21-9-22-26-15/h1-7,9H,(H,21,22,23). The Kier molecular flexibility index (Phi) is 5.91.